The van der Waals surface area contributed by atoms with Gasteiger partial charge in [-0.15, -0.1) is 0 Å². The van der Waals surface area contributed by atoms with Crippen LogP contribution in [0.15, 0.2) is 58.3 Å². The van der Waals surface area contributed by atoms with Crippen molar-refractivity contribution >= 4 is 16.9 Å². The summed E-state index contributed by atoms with van der Waals surface area (Å²) in [5.74, 6) is -3.67. The topological polar surface area (TPSA) is 106 Å². The van der Waals surface area contributed by atoms with Crippen LogP contribution in [0.25, 0.3) is 16.7 Å². The number of hydrogen-bond acceptors (Lipinski definition) is 5. The zero-order valence-electron chi connectivity index (χ0n) is 20.2. The van der Waals surface area contributed by atoms with Crippen LogP contribution in [-0.2, 0) is 0 Å². The van der Waals surface area contributed by atoms with Crippen molar-refractivity contribution in [3.05, 3.63) is 98.1 Å². The minimum atomic E-state index is -1.20. The number of hydrogen-bond donors (Lipinski definition) is 2. The molecule has 1 fully saturated rings. The van der Waals surface area contributed by atoms with Gasteiger partial charge in [-0.1, -0.05) is 11.6 Å². The summed E-state index contributed by atoms with van der Waals surface area (Å²) in [5.41, 5.74) is -0.830. The first-order chi connectivity index (χ1) is 18.1. The number of nitrogens with zero attached hydrogens (tertiary/aromatic N) is 3. The number of aromatic nitrogens is 3. The monoisotopic (exact) mass is 524 g/mol. The molecule has 0 saturated heterocycles. The highest BCUT2D eigenvalue weighted by molar-refractivity contribution is 5.97. The number of nitrogens with one attached hydrogen (secondary N) is 1. The van der Waals surface area contributed by atoms with Crippen LogP contribution < -0.4 is 16.6 Å². The summed E-state index contributed by atoms with van der Waals surface area (Å²) in [6.07, 6.45) is 2.37. The van der Waals surface area contributed by atoms with Gasteiger partial charge in [-0.05, 0) is 62.9 Å². The summed E-state index contributed by atoms with van der Waals surface area (Å²) in [6.45, 7) is 1.80. The third kappa shape index (κ3) is 4.55. The van der Waals surface area contributed by atoms with E-state index < -0.39 is 40.6 Å². The summed E-state index contributed by atoms with van der Waals surface area (Å²) in [6, 6.07) is 7.66. The van der Waals surface area contributed by atoms with Crippen molar-refractivity contribution in [2.24, 2.45) is 0 Å². The number of fused-ring (bicyclic) bond motifs is 1. The van der Waals surface area contributed by atoms with Crippen LogP contribution in [0.2, 0.25) is 0 Å². The minimum absolute atomic E-state index is 0.0642. The Balaban J connectivity index is 1.47. The molecule has 2 heterocycles. The number of aryl methyl sites for hydroxylation is 1. The maximum Gasteiger partial charge on any atom is 0.337 e. The van der Waals surface area contributed by atoms with Gasteiger partial charge in [-0.2, -0.15) is 0 Å². The molecule has 1 aliphatic rings. The molecule has 11 heteroatoms. The van der Waals surface area contributed by atoms with E-state index >= 15 is 0 Å². The van der Waals surface area contributed by atoms with Crippen LogP contribution in [0.1, 0.15) is 47.6 Å². The van der Waals surface area contributed by atoms with Gasteiger partial charge in [0.15, 0.2) is 17.3 Å². The van der Waals surface area contributed by atoms with Gasteiger partial charge in [0.05, 0.1) is 22.8 Å². The maximum atomic E-state index is 14.0. The van der Waals surface area contributed by atoms with Gasteiger partial charge in [0, 0.05) is 18.2 Å². The van der Waals surface area contributed by atoms with Crippen LogP contribution in [-0.4, -0.2) is 31.2 Å². The Bertz CT molecular complexity index is 1690. The molecule has 1 aliphatic carbocycles. The Hall–Kier alpha value is -4.41. The fourth-order valence-electron chi connectivity index (χ4n) is 4.93. The molecule has 0 atom stereocenters. The number of amides is 1. The molecule has 196 valence electrons. The van der Waals surface area contributed by atoms with Gasteiger partial charge >= 0.3 is 5.69 Å². The number of phenols is 1. The van der Waals surface area contributed by atoms with Gasteiger partial charge in [-0.25, -0.2) is 27.5 Å². The first-order valence-electron chi connectivity index (χ1n) is 12.0. The molecule has 38 heavy (non-hydrogen) atoms. The third-order valence-corrected chi connectivity index (χ3v) is 6.85. The normalized spacial score (nSPS) is 17.5. The fraction of sp³-hybridized carbons (Fsp3) is 0.259. The van der Waals surface area contributed by atoms with Crippen molar-refractivity contribution in [3.63, 3.8) is 0 Å². The average Bonchev–Trinajstić information content (AvgIpc) is 2.89. The molecule has 0 unspecified atom stereocenters. The van der Waals surface area contributed by atoms with E-state index in [1.165, 1.54) is 12.1 Å². The molecule has 0 bridgehead atoms. The second kappa shape index (κ2) is 9.81. The van der Waals surface area contributed by atoms with Crippen LogP contribution >= 0.6 is 0 Å². The second-order valence-corrected chi connectivity index (χ2v) is 9.42. The summed E-state index contributed by atoms with van der Waals surface area (Å²) in [4.78, 5) is 43.5. The fourth-order valence-corrected chi connectivity index (χ4v) is 4.93. The first kappa shape index (κ1) is 25.2. The van der Waals surface area contributed by atoms with Crippen molar-refractivity contribution in [3.8, 4) is 11.4 Å². The largest absolute Gasteiger partial charge is 0.507 e. The zero-order chi connectivity index (χ0) is 27.1. The highest BCUT2D eigenvalue weighted by atomic mass is 19.2. The lowest BCUT2D eigenvalue weighted by molar-refractivity contribution is 0.0919. The van der Waals surface area contributed by atoms with Crippen LogP contribution in [0, 0.1) is 24.4 Å². The second-order valence-electron chi connectivity index (χ2n) is 9.42. The number of carbonyl (C=O) groups is 1. The number of rotatable bonds is 4. The smallest absolute Gasteiger partial charge is 0.337 e. The summed E-state index contributed by atoms with van der Waals surface area (Å²) in [7, 11) is 0. The van der Waals surface area contributed by atoms with E-state index in [4.69, 9.17) is 0 Å². The molecule has 1 saturated carbocycles. The van der Waals surface area contributed by atoms with E-state index in [1.807, 2.05) is 0 Å². The molecule has 4 aromatic rings. The van der Waals surface area contributed by atoms with Gasteiger partial charge in [-0.3, -0.25) is 14.2 Å². The number of halogens is 3. The average molecular weight is 524 g/mol. The van der Waals surface area contributed by atoms with Gasteiger partial charge in [0.2, 0.25) is 0 Å². The van der Waals surface area contributed by atoms with Crippen molar-refractivity contribution in [1.29, 1.82) is 0 Å². The van der Waals surface area contributed by atoms with Crippen molar-refractivity contribution in [2.75, 3.05) is 0 Å². The quantitative estimate of drug-likeness (QED) is 0.421. The highest BCUT2D eigenvalue weighted by Gasteiger charge is 2.28. The van der Waals surface area contributed by atoms with Crippen LogP contribution in [0.4, 0.5) is 13.2 Å². The molecule has 2 aromatic carbocycles. The van der Waals surface area contributed by atoms with Crippen molar-refractivity contribution in [1.82, 2.24) is 19.4 Å². The lowest BCUT2D eigenvalue weighted by Crippen LogP contribution is -2.45. The summed E-state index contributed by atoms with van der Waals surface area (Å²) < 4.78 is 43.6. The predicted octanol–water partition coefficient (Wildman–Crippen LogP) is 3.89. The Morgan fingerprint density at radius 3 is 2.45 bits per heavy atom. The molecule has 0 aliphatic heterocycles. The van der Waals surface area contributed by atoms with E-state index in [0.29, 0.717) is 25.7 Å². The van der Waals surface area contributed by atoms with Gasteiger partial charge < -0.3 is 10.4 Å². The SMILES string of the molecule is Cc1ccc(O)c(C(=O)NC2CCC(n3c(=O)c4cc(F)cnc4n(-c4ccc(F)c(F)c4)c3=O)CC2)c1. The van der Waals surface area contributed by atoms with E-state index in [9.17, 15) is 32.7 Å². The summed E-state index contributed by atoms with van der Waals surface area (Å²) in [5, 5.41) is 12.7. The molecule has 0 spiro atoms. The predicted molar refractivity (Wildman–Crippen MR) is 133 cm³/mol. The van der Waals surface area contributed by atoms with E-state index in [2.05, 4.69) is 10.3 Å². The maximum absolute atomic E-state index is 14.0. The molecule has 1 amide bonds. The standard InChI is InChI=1S/C27H23F3N4O4/c1-14-2-9-23(35)19(10-14)25(36)32-16-3-5-17(6-4-16)34-26(37)20-11-15(28)13-31-24(20)33(27(34)38)18-7-8-21(29)22(30)12-18/h2,7-13,16-17,35H,3-6H2,1H3,(H,32,36). The third-order valence-electron chi connectivity index (χ3n) is 6.85. The van der Waals surface area contributed by atoms with E-state index in [-0.39, 0.29) is 34.1 Å². The number of phenolic OH excluding ortho intramolecular Hbond substituents is 1. The first-order valence-corrected chi connectivity index (χ1v) is 12.0. The molecule has 2 N–H and O–H groups in total. The Kier molecular flexibility index (Phi) is 6.52. The summed E-state index contributed by atoms with van der Waals surface area (Å²) >= 11 is 0. The van der Waals surface area contributed by atoms with Crippen molar-refractivity contribution < 1.29 is 23.1 Å². The molecule has 8 nitrogen and oxygen atoms in total. The molecular formula is C27H23F3N4O4. The number of carbonyl (C=O) groups excluding carboxylic acids is 1. The zero-order valence-corrected chi connectivity index (χ0v) is 20.2. The Morgan fingerprint density at radius 1 is 1.00 bits per heavy atom. The molecule has 2 aromatic heterocycles. The molecular weight excluding hydrogens is 501 g/mol. The van der Waals surface area contributed by atoms with Crippen molar-refractivity contribution in [2.45, 2.75) is 44.7 Å². The van der Waals surface area contributed by atoms with Gasteiger partial charge in [0.25, 0.3) is 11.5 Å². The lowest BCUT2D eigenvalue weighted by atomic mass is 9.90. The minimum Gasteiger partial charge on any atom is -0.507 e. The highest BCUT2D eigenvalue weighted by Crippen LogP contribution is 2.28. The van der Waals surface area contributed by atoms with E-state index in [1.54, 1.807) is 19.1 Å². The number of benzene rings is 2. The molecule has 5 rings (SSSR count). The van der Waals surface area contributed by atoms with Crippen LogP contribution in [0.3, 0.4) is 0 Å². The number of pyridine rings is 1. The number of aromatic hydroxyl groups is 1. The van der Waals surface area contributed by atoms with E-state index in [0.717, 1.165) is 39.1 Å². The lowest BCUT2D eigenvalue weighted by Gasteiger charge is -2.30. The van der Waals surface area contributed by atoms with Crippen LogP contribution in [0.5, 0.6) is 5.75 Å². The molecule has 0 radical (unpaired) electrons. The van der Waals surface area contributed by atoms with Gasteiger partial charge in [0.1, 0.15) is 11.6 Å². The Morgan fingerprint density at radius 2 is 1.74 bits per heavy atom. The Labute approximate surface area is 214 Å².